The van der Waals surface area contributed by atoms with Gasteiger partial charge in [-0.1, -0.05) is 26.8 Å². The van der Waals surface area contributed by atoms with E-state index in [0.717, 1.165) is 37.0 Å². The highest BCUT2D eigenvalue weighted by Crippen LogP contribution is 2.29. The number of hydrogen-bond acceptors (Lipinski definition) is 5. The fourth-order valence-corrected chi connectivity index (χ4v) is 3.85. The first-order valence-electron chi connectivity index (χ1n) is 8.25. The third-order valence-corrected chi connectivity index (χ3v) is 5.15. The van der Waals surface area contributed by atoms with Crippen molar-refractivity contribution in [2.75, 3.05) is 24.2 Å². The number of fused-ring (bicyclic) bond motifs is 1. The van der Waals surface area contributed by atoms with Gasteiger partial charge in [-0.05, 0) is 36.0 Å². The van der Waals surface area contributed by atoms with Gasteiger partial charge < -0.3 is 9.32 Å². The Morgan fingerprint density at radius 3 is 2.50 bits per heavy atom. The second-order valence-corrected chi connectivity index (χ2v) is 9.36. The summed E-state index contributed by atoms with van der Waals surface area (Å²) in [6, 6.07) is 6.76. The fraction of sp³-hybridized carbons (Fsp3) is 0.588. The molecule has 1 aliphatic rings. The van der Waals surface area contributed by atoms with Crippen LogP contribution in [0.25, 0.3) is 11.1 Å². The Labute approximate surface area is 143 Å². The van der Waals surface area contributed by atoms with Crippen LogP contribution in [0.5, 0.6) is 0 Å². The lowest BCUT2D eigenvalue weighted by Crippen LogP contribution is -2.44. The number of nitrogens with zero attached hydrogens (tertiary/aromatic N) is 2. The van der Waals surface area contributed by atoms with E-state index in [4.69, 9.17) is 4.42 Å². The average molecular weight is 351 g/mol. The molecule has 0 unspecified atom stereocenters. The smallest absolute Gasteiger partial charge is 0.298 e. The number of anilines is 1. The summed E-state index contributed by atoms with van der Waals surface area (Å²) < 4.78 is 31.2. The monoisotopic (exact) mass is 351 g/mol. The zero-order chi connectivity index (χ0) is 17.5. The molecular weight excluding hydrogens is 326 g/mol. The maximum atomic E-state index is 11.3. The lowest BCUT2D eigenvalue weighted by molar-refractivity contribution is 0.439. The van der Waals surface area contributed by atoms with E-state index in [1.165, 1.54) is 11.8 Å². The van der Waals surface area contributed by atoms with E-state index in [-0.39, 0.29) is 11.5 Å². The van der Waals surface area contributed by atoms with Crippen LogP contribution in [0.3, 0.4) is 0 Å². The zero-order valence-corrected chi connectivity index (χ0v) is 15.5. The molecule has 0 atom stereocenters. The van der Waals surface area contributed by atoms with Gasteiger partial charge in [-0.3, -0.25) is 0 Å². The normalized spacial score (nSPS) is 17.6. The lowest BCUT2D eigenvalue weighted by atomic mass is 9.87. The molecular formula is C17H25N3O3S. The molecule has 132 valence electrons. The number of sulfonamides is 1. The summed E-state index contributed by atoms with van der Waals surface area (Å²) in [5, 5.41) is 0. The van der Waals surface area contributed by atoms with E-state index in [2.05, 4.69) is 47.5 Å². The highest BCUT2D eigenvalue weighted by Gasteiger charge is 2.25. The molecule has 6 nitrogen and oxygen atoms in total. The van der Waals surface area contributed by atoms with E-state index < -0.39 is 10.0 Å². The number of benzene rings is 1. The third kappa shape index (κ3) is 3.89. The minimum Gasteiger partial charge on any atom is -0.423 e. The topological polar surface area (TPSA) is 75.4 Å². The van der Waals surface area contributed by atoms with Crippen LogP contribution < -0.4 is 9.62 Å². The second kappa shape index (κ2) is 6.04. The van der Waals surface area contributed by atoms with Gasteiger partial charge >= 0.3 is 0 Å². The van der Waals surface area contributed by atoms with Crippen LogP contribution >= 0.6 is 0 Å². The molecule has 2 heterocycles. The van der Waals surface area contributed by atoms with E-state index in [9.17, 15) is 8.42 Å². The van der Waals surface area contributed by atoms with E-state index in [1.54, 1.807) is 0 Å². The Kier molecular flexibility index (Phi) is 4.34. The standard InChI is InChI=1S/C17H25N3O3S/c1-17(2,3)12-5-6-15-14(11-12)18-16(23-15)20-9-7-13(8-10-20)19-24(4,21)22/h5-6,11,13,19H,7-10H2,1-4H3. The van der Waals surface area contributed by atoms with Crippen LogP contribution in [0.15, 0.2) is 22.6 Å². The van der Waals surface area contributed by atoms with Crippen LogP contribution in [0, 0.1) is 0 Å². The number of oxazole rings is 1. The van der Waals surface area contributed by atoms with Crippen molar-refractivity contribution in [1.82, 2.24) is 9.71 Å². The first-order chi connectivity index (χ1) is 11.1. The molecule has 1 aromatic carbocycles. The van der Waals surface area contributed by atoms with Gasteiger partial charge in [0.25, 0.3) is 6.01 Å². The first-order valence-corrected chi connectivity index (χ1v) is 10.1. The Hall–Kier alpha value is -1.60. The SMILES string of the molecule is CC(C)(C)c1ccc2oc(N3CCC(NS(C)(=O)=O)CC3)nc2c1. The van der Waals surface area contributed by atoms with Gasteiger partial charge in [0, 0.05) is 19.1 Å². The highest BCUT2D eigenvalue weighted by molar-refractivity contribution is 7.88. The predicted octanol–water partition coefficient (Wildman–Crippen LogP) is 2.64. The first kappa shape index (κ1) is 17.2. The van der Waals surface area contributed by atoms with Gasteiger partial charge in [0.15, 0.2) is 5.58 Å². The summed E-state index contributed by atoms with van der Waals surface area (Å²) in [5.41, 5.74) is 2.96. The second-order valence-electron chi connectivity index (χ2n) is 7.58. The number of nitrogens with one attached hydrogen (secondary N) is 1. The van der Waals surface area contributed by atoms with E-state index >= 15 is 0 Å². The maximum absolute atomic E-state index is 11.3. The van der Waals surface area contributed by atoms with Crippen molar-refractivity contribution in [2.24, 2.45) is 0 Å². The minimum atomic E-state index is -3.15. The Morgan fingerprint density at radius 1 is 1.25 bits per heavy atom. The molecule has 1 saturated heterocycles. The summed E-state index contributed by atoms with van der Waals surface area (Å²) >= 11 is 0. The molecule has 1 aliphatic heterocycles. The molecule has 2 aromatic rings. The van der Waals surface area contributed by atoms with Gasteiger partial charge in [-0.25, -0.2) is 13.1 Å². The molecule has 0 spiro atoms. The molecule has 1 aromatic heterocycles. The molecule has 3 rings (SSSR count). The van der Waals surface area contributed by atoms with Crippen LogP contribution in [0.2, 0.25) is 0 Å². The summed E-state index contributed by atoms with van der Waals surface area (Å²) in [4.78, 5) is 6.71. The van der Waals surface area contributed by atoms with Crippen molar-refractivity contribution in [3.63, 3.8) is 0 Å². The predicted molar refractivity (Wildman–Crippen MR) is 95.9 cm³/mol. The summed E-state index contributed by atoms with van der Waals surface area (Å²) in [5.74, 6) is 0. The van der Waals surface area contributed by atoms with E-state index in [0.29, 0.717) is 6.01 Å². The molecule has 7 heteroatoms. The van der Waals surface area contributed by atoms with Gasteiger partial charge in [0.05, 0.1) is 6.26 Å². The zero-order valence-electron chi connectivity index (χ0n) is 14.7. The Morgan fingerprint density at radius 2 is 1.92 bits per heavy atom. The largest absolute Gasteiger partial charge is 0.423 e. The number of hydrogen-bond donors (Lipinski definition) is 1. The van der Waals surface area contributed by atoms with Gasteiger partial charge in [-0.2, -0.15) is 4.98 Å². The quantitative estimate of drug-likeness (QED) is 0.920. The molecule has 0 radical (unpaired) electrons. The average Bonchev–Trinajstić information content (AvgIpc) is 2.88. The third-order valence-electron chi connectivity index (χ3n) is 4.39. The van der Waals surface area contributed by atoms with Crippen molar-refractivity contribution < 1.29 is 12.8 Å². The van der Waals surface area contributed by atoms with Crippen molar-refractivity contribution in [2.45, 2.75) is 45.1 Å². The van der Waals surface area contributed by atoms with Crippen molar-refractivity contribution in [1.29, 1.82) is 0 Å². The van der Waals surface area contributed by atoms with Gasteiger partial charge in [-0.15, -0.1) is 0 Å². The summed E-state index contributed by atoms with van der Waals surface area (Å²) in [6.45, 7) is 7.98. The fourth-order valence-electron chi connectivity index (χ4n) is 3.01. The minimum absolute atomic E-state index is 0.00637. The van der Waals surface area contributed by atoms with E-state index in [1.807, 2.05) is 6.07 Å². The molecule has 1 N–H and O–H groups in total. The van der Waals surface area contributed by atoms with Crippen molar-refractivity contribution in [3.05, 3.63) is 23.8 Å². The highest BCUT2D eigenvalue weighted by atomic mass is 32.2. The molecule has 0 aliphatic carbocycles. The molecule has 0 bridgehead atoms. The molecule has 24 heavy (non-hydrogen) atoms. The Bertz CT molecular complexity index is 828. The van der Waals surface area contributed by atoms with Gasteiger partial charge in [0.2, 0.25) is 10.0 Å². The summed E-state index contributed by atoms with van der Waals surface area (Å²) in [6.07, 6.45) is 2.70. The Balaban J connectivity index is 1.74. The summed E-state index contributed by atoms with van der Waals surface area (Å²) in [7, 11) is -3.15. The van der Waals surface area contributed by atoms with Crippen molar-refractivity contribution in [3.8, 4) is 0 Å². The van der Waals surface area contributed by atoms with Crippen LogP contribution in [-0.2, 0) is 15.4 Å². The molecule has 0 saturated carbocycles. The lowest BCUT2D eigenvalue weighted by Gasteiger charge is -2.30. The van der Waals surface area contributed by atoms with Crippen LogP contribution in [0.1, 0.15) is 39.2 Å². The molecule has 0 amide bonds. The molecule has 1 fully saturated rings. The maximum Gasteiger partial charge on any atom is 0.298 e. The van der Waals surface area contributed by atoms with Crippen LogP contribution in [0.4, 0.5) is 6.01 Å². The number of rotatable bonds is 3. The van der Waals surface area contributed by atoms with Gasteiger partial charge in [0.1, 0.15) is 5.52 Å². The van der Waals surface area contributed by atoms with Crippen LogP contribution in [-0.4, -0.2) is 38.8 Å². The number of piperidine rings is 1. The van der Waals surface area contributed by atoms with Crippen molar-refractivity contribution >= 4 is 27.1 Å². The number of aromatic nitrogens is 1.